The molecule has 0 radical (unpaired) electrons. The van der Waals surface area contributed by atoms with Crippen LogP contribution in [0.3, 0.4) is 0 Å². The summed E-state index contributed by atoms with van der Waals surface area (Å²) in [6.45, 7) is 7.33. The molecule has 2 aliphatic heterocycles. The van der Waals surface area contributed by atoms with Gasteiger partial charge in [-0.3, -0.25) is 19.2 Å². The maximum Gasteiger partial charge on any atom is 0.255 e. The molecular formula is C26H39N5O5. The van der Waals surface area contributed by atoms with E-state index >= 15 is 0 Å². The van der Waals surface area contributed by atoms with Gasteiger partial charge >= 0.3 is 0 Å². The molecule has 10 nitrogen and oxygen atoms in total. The molecule has 36 heavy (non-hydrogen) atoms. The molecule has 0 unspecified atom stereocenters. The van der Waals surface area contributed by atoms with Crippen LogP contribution in [0.4, 0.5) is 0 Å². The Hall–Kier alpha value is -3.14. The fourth-order valence-electron chi connectivity index (χ4n) is 4.43. The van der Waals surface area contributed by atoms with Gasteiger partial charge in [0.1, 0.15) is 24.4 Å². The number of para-hydroxylation sites is 1. The van der Waals surface area contributed by atoms with E-state index in [4.69, 9.17) is 4.74 Å². The van der Waals surface area contributed by atoms with E-state index in [1.165, 1.54) is 19.3 Å². The van der Waals surface area contributed by atoms with Gasteiger partial charge in [-0.15, -0.1) is 0 Å². The van der Waals surface area contributed by atoms with Crippen molar-refractivity contribution < 1.29 is 23.9 Å². The SMILES string of the molecule is CC(C)[C@H]1NC(=O)CC[C@@H](C(=O)NCCN2CCCCC2)NC(=O)c2ccccc2OCCNC1=O. The second-order valence-corrected chi connectivity index (χ2v) is 9.68. The summed E-state index contributed by atoms with van der Waals surface area (Å²) in [5.41, 5.74) is 0.286. The number of hydrogen-bond donors (Lipinski definition) is 4. The molecule has 4 amide bonds. The first-order chi connectivity index (χ1) is 17.3. The number of carbonyl (C=O) groups is 4. The molecule has 1 aromatic rings. The standard InChI is InChI=1S/C26H39N5O5/c1-18(2)23-26(35)28-13-17-36-21-9-5-4-8-19(21)24(33)29-20(10-11-22(32)30-23)25(34)27-12-16-31-14-6-3-7-15-31/h4-5,8-9,18,20,23H,3,6-7,10-17H2,1-2H3,(H,27,34)(H,28,35)(H,29,33)(H,30,32)/t20-,23+/m0/s1. The Morgan fingerprint density at radius 3 is 2.61 bits per heavy atom. The number of likely N-dealkylation sites (tertiary alicyclic amines) is 1. The maximum atomic E-state index is 13.1. The molecule has 4 N–H and O–H groups in total. The molecule has 0 spiro atoms. The average molecular weight is 502 g/mol. The van der Waals surface area contributed by atoms with E-state index in [1.807, 2.05) is 13.8 Å². The van der Waals surface area contributed by atoms with Crippen molar-refractivity contribution in [3.8, 4) is 5.75 Å². The smallest absolute Gasteiger partial charge is 0.255 e. The molecule has 10 heteroatoms. The molecule has 1 fully saturated rings. The molecule has 198 valence electrons. The third kappa shape index (κ3) is 8.22. The summed E-state index contributed by atoms with van der Waals surface area (Å²) in [4.78, 5) is 53.8. The predicted molar refractivity (Wildman–Crippen MR) is 136 cm³/mol. The summed E-state index contributed by atoms with van der Waals surface area (Å²) >= 11 is 0. The van der Waals surface area contributed by atoms with Gasteiger partial charge in [0, 0.05) is 19.5 Å². The molecule has 2 heterocycles. The van der Waals surface area contributed by atoms with E-state index in [-0.39, 0.29) is 55.2 Å². The number of ether oxygens (including phenoxy) is 1. The molecule has 0 aromatic heterocycles. The van der Waals surface area contributed by atoms with Crippen LogP contribution >= 0.6 is 0 Å². The molecule has 0 bridgehead atoms. The minimum absolute atomic E-state index is 0.0147. The van der Waals surface area contributed by atoms with Gasteiger partial charge in [0.05, 0.1) is 12.1 Å². The van der Waals surface area contributed by atoms with Gasteiger partial charge < -0.3 is 30.9 Å². The zero-order chi connectivity index (χ0) is 25.9. The van der Waals surface area contributed by atoms with Crippen LogP contribution in [0.15, 0.2) is 24.3 Å². The first-order valence-electron chi connectivity index (χ1n) is 12.9. The van der Waals surface area contributed by atoms with Crippen molar-refractivity contribution in [2.75, 3.05) is 39.3 Å². The maximum absolute atomic E-state index is 13.1. The van der Waals surface area contributed by atoms with Crippen LogP contribution in [-0.4, -0.2) is 79.9 Å². The highest BCUT2D eigenvalue weighted by molar-refractivity contribution is 5.99. The number of nitrogens with zero attached hydrogens (tertiary/aromatic N) is 1. The van der Waals surface area contributed by atoms with Crippen LogP contribution in [0.2, 0.25) is 0 Å². The summed E-state index contributed by atoms with van der Waals surface area (Å²) in [7, 11) is 0. The molecule has 2 aliphatic rings. The number of fused-ring (bicyclic) bond motifs is 1. The van der Waals surface area contributed by atoms with E-state index in [0.717, 1.165) is 19.6 Å². The van der Waals surface area contributed by atoms with Crippen LogP contribution < -0.4 is 26.0 Å². The first-order valence-corrected chi connectivity index (χ1v) is 12.9. The topological polar surface area (TPSA) is 129 Å². The average Bonchev–Trinajstić information content (AvgIpc) is 2.87. The highest BCUT2D eigenvalue weighted by Crippen LogP contribution is 2.18. The zero-order valence-corrected chi connectivity index (χ0v) is 21.3. The Labute approximate surface area is 212 Å². The number of nitrogens with one attached hydrogen (secondary N) is 4. The van der Waals surface area contributed by atoms with Crippen LogP contribution in [0, 0.1) is 5.92 Å². The lowest BCUT2D eigenvalue weighted by atomic mass is 10.0. The minimum atomic E-state index is -0.908. The van der Waals surface area contributed by atoms with Gasteiger partial charge in [0.15, 0.2) is 0 Å². The monoisotopic (exact) mass is 501 g/mol. The van der Waals surface area contributed by atoms with E-state index in [2.05, 4.69) is 26.2 Å². The van der Waals surface area contributed by atoms with Crippen LogP contribution in [0.25, 0.3) is 0 Å². The van der Waals surface area contributed by atoms with E-state index in [1.54, 1.807) is 24.3 Å². The summed E-state index contributed by atoms with van der Waals surface area (Å²) < 4.78 is 5.76. The normalized spacial score (nSPS) is 22.7. The summed E-state index contributed by atoms with van der Waals surface area (Å²) in [6, 6.07) is 5.14. The number of amides is 4. The molecule has 1 saturated heterocycles. The Kier molecular flexibility index (Phi) is 10.5. The van der Waals surface area contributed by atoms with Gasteiger partial charge in [-0.25, -0.2) is 0 Å². The van der Waals surface area contributed by atoms with E-state index < -0.39 is 18.0 Å². The van der Waals surface area contributed by atoms with Crippen molar-refractivity contribution in [2.24, 2.45) is 5.92 Å². The van der Waals surface area contributed by atoms with Gasteiger partial charge in [0.25, 0.3) is 5.91 Å². The Balaban J connectivity index is 1.73. The van der Waals surface area contributed by atoms with E-state index in [9.17, 15) is 19.2 Å². The van der Waals surface area contributed by atoms with Crippen molar-refractivity contribution in [1.29, 1.82) is 0 Å². The van der Waals surface area contributed by atoms with Crippen LogP contribution in [0.1, 0.15) is 56.3 Å². The number of benzene rings is 1. The lowest BCUT2D eigenvalue weighted by Gasteiger charge is -2.27. The Morgan fingerprint density at radius 1 is 1.11 bits per heavy atom. The lowest BCUT2D eigenvalue weighted by Crippen LogP contribution is -2.51. The van der Waals surface area contributed by atoms with Gasteiger partial charge in [0.2, 0.25) is 17.7 Å². The van der Waals surface area contributed by atoms with Gasteiger partial charge in [-0.05, 0) is 50.4 Å². The number of hydrogen-bond acceptors (Lipinski definition) is 6. The summed E-state index contributed by atoms with van der Waals surface area (Å²) in [5.74, 6) is -1.21. The summed E-state index contributed by atoms with van der Waals surface area (Å²) in [5, 5.41) is 11.2. The molecular weight excluding hydrogens is 462 g/mol. The minimum Gasteiger partial charge on any atom is -0.491 e. The molecule has 3 rings (SSSR count). The lowest BCUT2D eigenvalue weighted by molar-refractivity contribution is -0.130. The zero-order valence-electron chi connectivity index (χ0n) is 21.3. The second kappa shape index (κ2) is 13.8. The quantitative estimate of drug-likeness (QED) is 0.473. The van der Waals surface area contributed by atoms with Crippen molar-refractivity contribution in [1.82, 2.24) is 26.2 Å². The molecule has 1 aromatic carbocycles. The van der Waals surface area contributed by atoms with Crippen LogP contribution in [-0.2, 0) is 14.4 Å². The van der Waals surface area contributed by atoms with Gasteiger partial charge in [-0.2, -0.15) is 0 Å². The van der Waals surface area contributed by atoms with Crippen molar-refractivity contribution >= 4 is 23.6 Å². The van der Waals surface area contributed by atoms with Crippen LogP contribution in [0.5, 0.6) is 5.75 Å². The fraction of sp³-hybridized carbons (Fsp3) is 0.615. The third-order valence-corrected chi connectivity index (χ3v) is 6.51. The number of piperidine rings is 1. The largest absolute Gasteiger partial charge is 0.491 e. The van der Waals surface area contributed by atoms with Gasteiger partial charge in [-0.1, -0.05) is 32.4 Å². The predicted octanol–water partition coefficient (Wildman–Crippen LogP) is 0.817. The van der Waals surface area contributed by atoms with Crippen molar-refractivity contribution in [2.45, 2.75) is 58.0 Å². The first kappa shape index (κ1) is 27.4. The summed E-state index contributed by atoms with van der Waals surface area (Å²) in [6.07, 6.45) is 3.66. The Bertz CT molecular complexity index is 916. The highest BCUT2D eigenvalue weighted by atomic mass is 16.5. The van der Waals surface area contributed by atoms with Crippen molar-refractivity contribution in [3.05, 3.63) is 29.8 Å². The molecule has 2 atom stereocenters. The molecule has 0 saturated carbocycles. The fourth-order valence-corrected chi connectivity index (χ4v) is 4.43. The molecule has 0 aliphatic carbocycles. The Morgan fingerprint density at radius 2 is 1.86 bits per heavy atom. The third-order valence-electron chi connectivity index (χ3n) is 6.51. The number of rotatable bonds is 5. The highest BCUT2D eigenvalue weighted by Gasteiger charge is 2.27. The number of carbonyl (C=O) groups excluding carboxylic acids is 4. The van der Waals surface area contributed by atoms with E-state index in [0.29, 0.717) is 12.3 Å². The second-order valence-electron chi connectivity index (χ2n) is 9.68. The van der Waals surface area contributed by atoms with Crippen molar-refractivity contribution in [3.63, 3.8) is 0 Å².